The Morgan fingerprint density at radius 3 is 2.73 bits per heavy atom. The van der Waals surface area contributed by atoms with Crippen molar-refractivity contribution >= 4 is 17.7 Å². The number of benzene rings is 1. The quantitative estimate of drug-likeness (QED) is 0.635. The molecule has 1 aromatic carbocycles. The van der Waals surface area contributed by atoms with Gasteiger partial charge in [-0.25, -0.2) is 9.18 Å². The zero-order valence-corrected chi connectivity index (χ0v) is 9.18. The molecule has 1 unspecified atom stereocenters. The van der Waals surface area contributed by atoms with Crippen molar-refractivity contribution in [3.05, 3.63) is 29.6 Å². The first-order valence-corrected chi connectivity index (χ1v) is 5.42. The smallest absolute Gasteiger partial charge is 0.339 e. The fourth-order valence-electron chi connectivity index (χ4n) is 1.10. The molecule has 1 aromatic rings. The summed E-state index contributed by atoms with van der Waals surface area (Å²) in [5.41, 5.74) is 0.192. The van der Waals surface area contributed by atoms with Gasteiger partial charge in [0.05, 0.1) is 7.11 Å². The Bertz CT molecular complexity index is 368. The van der Waals surface area contributed by atoms with Gasteiger partial charge in [-0.3, -0.25) is 0 Å². The number of hydrogen-bond donors (Lipinski definition) is 1. The van der Waals surface area contributed by atoms with Gasteiger partial charge in [-0.1, -0.05) is 6.07 Å². The van der Waals surface area contributed by atoms with Gasteiger partial charge in [-0.2, -0.15) is 0 Å². The molecular weight excluding hydrogens is 219 g/mol. The zero-order valence-electron chi connectivity index (χ0n) is 8.36. The summed E-state index contributed by atoms with van der Waals surface area (Å²) in [6, 6.07) is 4.14. The number of carbonyl (C=O) groups excluding carboxylic acids is 1. The van der Waals surface area contributed by atoms with E-state index in [4.69, 9.17) is 0 Å². The fraction of sp³-hybridized carbons (Fsp3) is 0.300. The number of aliphatic hydroxyl groups is 1. The van der Waals surface area contributed by atoms with Crippen molar-refractivity contribution in [1.82, 2.24) is 0 Å². The minimum absolute atomic E-state index is 0.192. The molecule has 0 amide bonds. The maximum Gasteiger partial charge on any atom is 0.339 e. The molecule has 0 radical (unpaired) electrons. The molecule has 1 N–H and O–H groups in total. The topological polar surface area (TPSA) is 46.5 Å². The van der Waals surface area contributed by atoms with Crippen LogP contribution in [-0.4, -0.2) is 24.4 Å². The largest absolute Gasteiger partial charge is 0.467 e. The molecule has 0 aromatic heterocycles. The van der Waals surface area contributed by atoms with E-state index in [9.17, 15) is 14.3 Å². The highest BCUT2D eigenvalue weighted by Crippen LogP contribution is 2.23. The lowest BCUT2D eigenvalue weighted by Crippen LogP contribution is -2.13. The summed E-state index contributed by atoms with van der Waals surface area (Å²) in [5, 5.41) is 9.43. The molecule has 15 heavy (non-hydrogen) atoms. The van der Waals surface area contributed by atoms with E-state index in [1.807, 2.05) is 0 Å². The van der Waals surface area contributed by atoms with Crippen molar-refractivity contribution in [1.29, 1.82) is 0 Å². The Morgan fingerprint density at radius 2 is 2.27 bits per heavy atom. The number of thioether (sulfide) groups is 1. The van der Waals surface area contributed by atoms with Gasteiger partial charge in [-0.15, -0.1) is 11.8 Å². The van der Waals surface area contributed by atoms with Crippen LogP contribution in [0.3, 0.4) is 0 Å². The van der Waals surface area contributed by atoms with E-state index in [2.05, 4.69) is 4.74 Å². The average molecular weight is 230 g/mol. The number of rotatable bonds is 3. The molecule has 0 aliphatic rings. The van der Waals surface area contributed by atoms with Crippen molar-refractivity contribution in [2.75, 3.05) is 13.4 Å². The van der Waals surface area contributed by atoms with Gasteiger partial charge in [0.2, 0.25) is 0 Å². The highest BCUT2D eigenvalue weighted by atomic mass is 32.2. The zero-order chi connectivity index (χ0) is 11.4. The molecule has 0 spiro atoms. The first-order valence-electron chi connectivity index (χ1n) is 4.19. The number of esters is 1. The molecule has 0 saturated heterocycles. The SMILES string of the molecule is COC(=O)C(O)c1ccc(SC)c(F)c1. The summed E-state index contributed by atoms with van der Waals surface area (Å²) in [4.78, 5) is 11.4. The maximum atomic E-state index is 13.3. The predicted octanol–water partition coefficient (Wildman–Crippen LogP) is 1.75. The lowest BCUT2D eigenvalue weighted by atomic mass is 10.1. The standard InChI is InChI=1S/C10H11FO3S/c1-14-10(13)9(12)6-3-4-8(15-2)7(11)5-6/h3-5,9,12H,1-2H3. The number of halogens is 1. The van der Waals surface area contributed by atoms with Crippen molar-refractivity contribution in [3.63, 3.8) is 0 Å². The van der Waals surface area contributed by atoms with E-state index in [0.717, 1.165) is 13.2 Å². The summed E-state index contributed by atoms with van der Waals surface area (Å²) in [5.74, 6) is -1.26. The van der Waals surface area contributed by atoms with Gasteiger partial charge >= 0.3 is 5.97 Å². The summed E-state index contributed by atoms with van der Waals surface area (Å²) >= 11 is 1.26. The van der Waals surface area contributed by atoms with Crippen LogP contribution in [0.4, 0.5) is 4.39 Å². The molecule has 0 aliphatic heterocycles. The number of carbonyl (C=O) groups is 1. The number of methoxy groups -OCH3 is 1. The second kappa shape index (κ2) is 5.14. The van der Waals surface area contributed by atoms with Crippen LogP contribution >= 0.6 is 11.8 Å². The van der Waals surface area contributed by atoms with Crippen molar-refractivity contribution in [2.24, 2.45) is 0 Å². The lowest BCUT2D eigenvalue weighted by Gasteiger charge is -2.09. The van der Waals surface area contributed by atoms with Crippen LogP contribution in [-0.2, 0) is 9.53 Å². The van der Waals surface area contributed by atoms with E-state index >= 15 is 0 Å². The van der Waals surface area contributed by atoms with E-state index in [-0.39, 0.29) is 5.56 Å². The van der Waals surface area contributed by atoms with Crippen molar-refractivity contribution < 1.29 is 19.0 Å². The van der Waals surface area contributed by atoms with Crippen LogP contribution in [0.25, 0.3) is 0 Å². The molecule has 82 valence electrons. The van der Waals surface area contributed by atoms with Gasteiger partial charge in [0, 0.05) is 4.90 Å². The Hall–Kier alpha value is -1.07. The van der Waals surface area contributed by atoms with E-state index in [0.29, 0.717) is 4.90 Å². The van der Waals surface area contributed by atoms with E-state index in [1.54, 1.807) is 6.26 Å². The normalized spacial score (nSPS) is 12.3. The molecular formula is C10H11FO3S. The van der Waals surface area contributed by atoms with E-state index < -0.39 is 17.9 Å². The van der Waals surface area contributed by atoms with Crippen LogP contribution in [0.1, 0.15) is 11.7 Å². The van der Waals surface area contributed by atoms with Crippen LogP contribution < -0.4 is 0 Å². The summed E-state index contributed by atoms with van der Waals surface area (Å²) in [6.45, 7) is 0. The Morgan fingerprint density at radius 1 is 1.60 bits per heavy atom. The van der Waals surface area contributed by atoms with Crippen molar-refractivity contribution in [2.45, 2.75) is 11.0 Å². The summed E-state index contributed by atoms with van der Waals surface area (Å²) < 4.78 is 17.6. The summed E-state index contributed by atoms with van der Waals surface area (Å²) in [6.07, 6.45) is 0.315. The molecule has 5 heteroatoms. The Labute approximate surface area is 91.2 Å². The van der Waals surface area contributed by atoms with Gasteiger partial charge in [0.1, 0.15) is 5.82 Å². The molecule has 3 nitrogen and oxygen atoms in total. The van der Waals surface area contributed by atoms with Crippen LogP contribution in [0.2, 0.25) is 0 Å². The maximum absolute atomic E-state index is 13.3. The monoisotopic (exact) mass is 230 g/mol. The van der Waals surface area contributed by atoms with Gasteiger partial charge in [-0.05, 0) is 24.0 Å². The minimum atomic E-state index is -1.43. The molecule has 0 bridgehead atoms. The molecule has 1 rings (SSSR count). The molecule has 0 fully saturated rings. The van der Waals surface area contributed by atoms with Crippen LogP contribution in [0.15, 0.2) is 23.1 Å². The number of ether oxygens (including phenoxy) is 1. The highest BCUT2D eigenvalue weighted by molar-refractivity contribution is 7.98. The van der Waals surface area contributed by atoms with Gasteiger partial charge in [0.25, 0.3) is 0 Å². The lowest BCUT2D eigenvalue weighted by molar-refractivity contribution is -0.150. The third-order valence-electron chi connectivity index (χ3n) is 1.92. The third kappa shape index (κ3) is 2.70. The number of aliphatic hydroxyl groups excluding tert-OH is 1. The minimum Gasteiger partial charge on any atom is -0.467 e. The first kappa shape index (κ1) is 12.0. The van der Waals surface area contributed by atoms with Gasteiger partial charge < -0.3 is 9.84 Å². The third-order valence-corrected chi connectivity index (χ3v) is 2.69. The highest BCUT2D eigenvalue weighted by Gasteiger charge is 2.18. The molecule has 0 heterocycles. The first-order chi connectivity index (χ1) is 7.10. The molecule has 1 atom stereocenters. The second-order valence-corrected chi connectivity index (χ2v) is 3.67. The van der Waals surface area contributed by atoms with Gasteiger partial charge in [0.15, 0.2) is 6.10 Å². The molecule has 0 saturated carbocycles. The van der Waals surface area contributed by atoms with Crippen molar-refractivity contribution in [3.8, 4) is 0 Å². The van der Waals surface area contributed by atoms with Crippen LogP contribution in [0, 0.1) is 5.82 Å². The van der Waals surface area contributed by atoms with Crippen LogP contribution in [0.5, 0.6) is 0 Å². The second-order valence-electron chi connectivity index (χ2n) is 2.82. The average Bonchev–Trinajstić information content (AvgIpc) is 2.26. The fourth-order valence-corrected chi connectivity index (χ4v) is 1.56. The predicted molar refractivity (Wildman–Crippen MR) is 55.2 cm³/mol. The van der Waals surface area contributed by atoms with E-state index in [1.165, 1.54) is 23.9 Å². The molecule has 0 aliphatic carbocycles. The summed E-state index contributed by atoms with van der Waals surface area (Å²) in [7, 11) is 1.16. The Kier molecular flexibility index (Phi) is 4.11. The number of hydrogen-bond acceptors (Lipinski definition) is 4. The Balaban J connectivity index is 2.97.